The molecule has 1 aliphatic rings. The number of hydrogen-bond donors (Lipinski definition) is 0. The first kappa shape index (κ1) is 23.9. The van der Waals surface area contributed by atoms with E-state index in [1.807, 2.05) is 37.3 Å². The molecule has 0 N–H and O–H groups in total. The molecule has 3 heterocycles. The number of nitrogens with zero attached hydrogens (tertiary/aromatic N) is 5. The number of oxazole rings is 1. The Morgan fingerprint density at radius 3 is 2.68 bits per heavy atom. The lowest BCUT2D eigenvalue weighted by atomic mass is 9.96. The lowest BCUT2D eigenvalue weighted by molar-refractivity contribution is 0.201. The second-order valence-electron chi connectivity index (χ2n) is 9.12. The fourth-order valence-corrected chi connectivity index (χ4v) is 4.97. The number of piperidine rings is 1. The average molecular weight is 460 g/mol. The molecule has 2 aromatic heterocycles. The number of anilines is 1. The van der Waals surface area contributed by atoms with E-state index in [2.05, 4.69) is 33.8 Å². The summed E-state index contributed by atoms with van der Waals surface area (Å²) in [5, 5.41) is 18.4. The third kappa shape index (κ3) is 5.43. The maximum atomic E-state index is 9.20. The van der Waals surface area contributed by atoms with Gasteiger partial charge in [-0.1, -0.05) is 19.1 Å². The lowest BCUT2D eigenvalue weighted by Gasteiger charge is -2.37. The van der Waals surface area contributed by atoms with E-state index in [0.717, 1.165) is 74.4 Å². The normalized spacial score (nSPS) is 15.8. The Hall–Kier alpha value is -3.29. The predicted molar refractivity (Wildman–Crippen MR) is 131 cm³/mol. The fourth-order valence-electron chi connectivity index (χ4n) is 4.97. The molecule has 1 fully saturated rings. The monoisotopic (exact) mass is 459 g/mol. The average Bonchev–Trinajstić information content (AvgIpc) is 3.46. The van der Waals surface area contributed by atoms with Crippen LogP contribution in [0.3, 0.4) is 0 Å². The molecular formula is C27H33N5O2. The van der Waals surface area contributed by atoms with Crippen LogP contribution in [0.25, 0.3) is 11.1 Å². The van der Waals surface area contributed by atoms with Crippen LogP contribution in [0.5, 0.6) is 0 Å². The molecule has 178 valence electrons. The number of aromatic nitrogens is 1. The summed E-state index contributed by atoms with van der Waals surface area (Å²) in [6.07, 6.45) is 5.70. The zero-order valence-electron chi connectivity index (χ0n) is 20.2. The first-order valence-corrected chi connectivity index (χ1v) is 12.3. The Morgan fingerprint density at radius 1 is 1.21 bits per heavy atom. The Morgan fingerprint density at radius 2 is 2.00 bits per heavy atom. The van der Waals surface area contributed by atoms with Crippen molar-refractivity contribution in [3.63, 3.8) is 0 Å². The van der Waals surface area contributed by atoms with Crippen LogP contribution in [0.2, 0.25) is 0 Å². The first-order chi connectivity index (χ1) is 16.6. The Kier molecular flexibility index (Phi) is 7.87. The van der Waals surface area contributed by atoms with Gasteiger partial charge in [0, 0.05) is 31.6 Å². The Bertz CT molecular complexity index is 1130. The minimum Gasteiger partial charge on any atom is -0.465 e. The lowest BCUT2D eigenvalue weighted by Crippen LogP contribution is -2.45. The standard InChI is InChI=1S/C27H33N5O2/c1-3-21(26-18-22(19-29)20(2)33-26)8-6-14-31-16-11-23(12-17-31)32(15-7-13-28)27-30-24-9-4-5-10-25(24)34-27/h4-5,9-10,18,21,23H,3,6-8,11-12,14-17H2,1-2H3. The summed E-state index contributed by atoms with van der Waals surface area (Å²) in [6.45, 7) is 7.81. The second-order valence-corrected chi connectivity index (χ2v) is 9.12. The van der Waals surface area contributed by atoms with Gasteiger partial charge in [0.05, 0.1) is 18.1 Å². The summed E-state index contributed by atoms with van der Waals surface area (Å²) in [7, 11) is 0. The zero-order chi connectivity index (χ0) is 23.9. The summed E-state index contributed by atoms with van der Waals surface area (Å²) < 4.78 is 11.9. The van der Waals surface area contributed by atoms with E-state index >= 15 is 0 Å². The molecule has 1 aromatic carbocycles. The Balaban J connectivity index is 1.30. The van der Waals surface area contributed by atoms with Crippen LogP contribution >= 0.6 is 0 Å². The highest BCUT2D eigenvalue weighted by Gasteiger charge is 2.28. The third-order valence-electron chi connectivity index (χ3n) is 6.97. The number of hydrogen-bond acceptors (Lipinski definition) is 7. The van der Waals surface area contributed by atoms with E-state index < -0.39 is 0 Å². The van der Waals surface area contributed by atoms with Crippen molar-refractivity contribution in [3.8, 4) is 12.1 Å². The third-order valence-corrected chi connectivity index (χ3v) is 6.97. The molecule has 0 radical (unpaired) electrons. The number of fused-ring (bicyclic) bond motifs is 1. The number of furan rings is 1. The molecule has 7 nitrogen and oxygen atoms in total. The molecule has 1 atom stereocenters. The van der Waals surface area contributed by atoms with E-state index in [1.165, 1.54) is 0 Å². The van der Waals surface area contributed by atoms with Crippen LogP contribution in [0.1, 0.15) is 68.5 Å². The van der Waals surface area contributed by atoms with Crippen molar-refractivity contribution < 1.29 is 8.83 Å². The summed E-state index contributed by atoms with van der Waals surface area (Å²) in [5.74, 6) is 2.03. The highest BCUT2D eigenvalue weighted by atomic mass is 16.4. The number of likely N-dealkylation sites (tertiary alicyclic amines) is 1. The molecule has 0 amide bonds. The van der Waals surface area contributed by atoms with Crippen molar-refractivity contribution in [2.45, 2.75) is 64.3 Å². The van der Waals surface area contributed by atoms with E-state index in [0.29, 0.717) is 36.5 Å². The van der Waals surface area contributed by atoms with Gasteiger partial charge in [-0.3, -0.25) is 0 Å². The van der Waals surface area contributed by atoms with Gasteiger partial charge < -0.3 is 18.6 Å². The van der Waals surface area contributed by atoms with E-state index in [1.54, 1.807) is 0 Å². The quantitative estimate of drug-likeness (QED) is 0.380. The number of benzene rings is 1. The van der Waals surface area contributed by atoms with Crippen molar-refractivity contribution in [3.05, 3.63) is 47.4 Å². The highest BCUT2D eigenvalue weighted by molar-refractivity contribution is 5.74. The van der Waals surface area contributed by atoms with Gasteiger partial charge in [-0.2, -0.15) is 15.5 Å². The Labute approximate surface area is 201 Å². The maximum Gasteiger partial charge on any atom is 0.298 e. The van der Waals surface area contributed by atoms with Crippen molar-refractivity contribution in [2.24, 2.45) is 0 Å². The summed E-state index contributed by atoms with van der Waals surface area (Å²) >= 11 is 0. The number of para-hydroxylation sites is 2. The molecule has 34 heavy (non-hydrogen) atoms. The minimum absolute atomic E-state index is 0.330. The molecule has 0 saturated carbocycles. The van der Waals surface area contributed by atoms with Gasteiger partial charge in [0.25, 0.3) is 6.01 Å². The maximum absolute atomic E-state index is 9.20. The molecule has 3 aromatic rings. The smallest absolute Gasteiger partial charge is 0.298 e. The summed E-state index contributed by atoms with van der Waals surface area (Å²) in [4.78, 5) is 9.42. The first-order valence-electron chi connectivity index (χ1n) is 12.3. The van der Waals surface area contributed by atoms with Crippen LogP contribution < -0.4 is 4.90 Å². The molecule has 0 bridgehead atoms. The van der Waals surface area contributed by atoms with Crippen molar-refractivity contribution >= 4 is 17.1 Å². The molecule has 0 aliphatic carbocycles. The number of aryl methyl sites for hydroxylation is 1. The van der Waals surface area contributed by atoms with Crippen molar-refractivity contribution in [2.75, 3.05) is 31.1 Å². The SMILES string of the molecule is CCC(CCCN1CCC(N(CCC#N)c2nc3ccccc3o2)CC1)c1cc(C#N)c(C)o1. The van der Waals surface area contributed by atoms with Crippen LogP contribution in [-0.4, -0.2) is 42.1 Å². The van der Waals surface area contributed by atoms with Gasteiger partial charge in [-0.05, 0) is 63.8 Å². The van der Waals surface area contributed by atoms with Gasteiger partial charge in [0.15, 0.2) is 5.58 Å². The second kappa shape index (κ2) is 11.2. The van der Waals surface area contributed by atoms with Gasteiger partial charge in [0.2, 0.25) is 0 Å². The van der Waals surface area contributed by atoms with Crippen LogP contribution in [0, 0.1) is 29.6 Å². The van der Waals surface area contributed by atoms with E-state index in [9.17, 15) is 5.26 Å². The van der Waals surface area contributed by atoms with Gasteiger partial charge in [0.1, 0.15) is 23.1 Å². The molecule has 4 rings (SSSR count). The van der Waals surface area contributed by atoms with Crippen molar-refractivity contribution in [1.82, 2.24) is 9.88 Å². The largest absolute Gasteiger partial charge is 0.465 e. The van der Waals surface area contributed by atoms with E-state index in [4.69, 9.17) is 14.1 Å². The summed E-state index contributed by atoms with van der Waals surface area (Å²) in [5.41, 5.74) is 2.29. The molecule has 0 spiro atoms. The minimum atomic E-state index is 0.330. The predicted octanol–water partition coefficient (Wildman–Crippen LogP) is 5.76. The van der Waals surface area contributed by atoms with Crippen LogP contribution in [0.4, 0.5) is 6.01 Å². The van der Waals surface area contributed by atoms with Crippen molar-refractivity contribution in [1.29, 1.82) is 10.5 Å². The van der Waals surface area contributed by atoms with Gasteiger partial charge >= 0.3 is 0 Å². The summed E-state index contributed by atoms with van der Waals surface area (Å²) in [6, 6.07) is 15.2. The number of rotatable bonds is 10. The van der Waals surface area contributed by atoms with Gasteiger partial charge in [-0.25, -0.2) is 0 Å². The fraction of sp³-hybridized carbons (Fsp3) is 0.519. The van der Waals surface area contributed by atoms with Crippen LogP contribution in [-0.2, 0) is 0 Å². The molecule has 7 heteroatoms. The molecule has 1 unspecified atom stereocenters. The molecular weight excluding hydrogens is 426 g/mol. The topological polar surface area (TPSA) is 93.2 Å². The van der Waals surface area contributed by atoms with Gasteiger partial charge in [-0.15, -0.1) is 0 Å². The van der Waals surface area contributed by atoms with Crippen LogP contribution in [0.15, 0.2) is 39.2 Å². The zero-order valence-corrected chi connectivity index (χ0v) is 20.2. The van der Waals surface area contributed by atoms with E-state index in [-0.39, 0.29) is 0 Å². The molecule has 1 saturated heterocycles. The highest BCUT2D eigenvalue weighted by Crippen LogP contribution is 2.30. The number of nitriles is 2. The molecule has 1 aliphatic heterocycles.